The van der Waals surface area contributed by atoms with Crippen LogP contribution in [-0.2, 0) is 11.3 Å². The van der Waals surface area contributed by atoms with E-state index < -0.39 is 0 Å². The van der Waals surface area contributed by atoms with Gasteiger partial charge < -0.3 is 14.7 Å². The number of hydrogen-bond acceptors (Lipinski definition) is 4. The molecule has 0 bridgehead atoms. The van der Waals surface area contributed by atoms with E-state index in [9.17, 15) is 5.11 Å². The lowest BCUT2D eigenvalue weighted by atomic mass is 10.1. The van der Waals surface area contributed by atoms with Crippen molar-refractivity contribution in [1.82, 2.24) is 4.98 Å². The zero-order valence-corrected chi connectivity index (χ0v) is 12.1. The summed E-state index contributed by atoms with van der Waals surface area (Å²) in [5.74, 6) is 1.34. The topological polar surface area (TPSA) is 45.6 Å². The second kappa shape index (κ2) is 6.35. The van der Waals surface area contributed by atoms with Crippen molar-refractivity contribution in [3.63, 3.8) is 0 Å². The number of nitrogens with zero attached hydrogens (tertiary/aromatic N) is 2. The van der Waals surface area contributed by atoms with Crippen LogP contribution < -0.4 is 4.90 Å². The molecule has 0 aromatic carbocycles. The average Bonchev–Trinajstić information content (AvgIpc) is 2.46. The molecule has 1 aliphatic heterocycles. The Hall–Kier alpha value is -1.13. The number of pyridine rings is 1. The number of aliphatic hydroxyl groups is 1. The monoisotopic (exact) mass is 264 g/mol. The number of anilines is 1. The number of ether oxygens (including phenoxy) is 1. The molecule has 4 heteroatoms. The summed E-state index contributed by atoms with van der Waals surface area (Å²) < 4.78 is 5.69. The molecular weight excluding hydrogens is 240 g/mol. The molecule has 1 aromatic heterocycles. The number of aliphatic hydroxyl groups excluding tert-OH is 1. The number of morpholine rings is 1. The Bertz CT molecular complexity index is 421. The Kier molecular flexibility index (Phi) is 4.77. The fourth-order valence-corrected chi connectivity index (χ4v) is 2.32. The molecule has 0 radical (unpaired) electrons. The summed E-state index contributed by atoms with van der Waals surface area (Å²) in [7, 11) is 0. The molecule has 0 amide bonds. The minimum absolute atomic E-state index is 0.0663. The molecule has 0 spiro atoms. The van der Waals surface area contributed by atoms with E-state index in [0.717, 1.165) is 43.2 Å². The highest BCUT2D eigenvalue weighted by molar-refractivity contribution is 5.43. The predicted molar refractivity (Wildman–Crippen MR) is 76.5 cm³/mol. The van der Waals surface area contributed by atoms with Gasteiger partial charge in [-0.15, -0.1) is 0 Å². The zero-order valence-electron chi connectivity index (χ0n) is 12.1. The highest BCUT2D eigenvalue weighted by Crippen LogP contribution is 2.22. The highest BCUT2D eigenvalue weighted by atomic mass is 16.5. The first kappa shape index (κ1) is 14.3. The smallest absolute Gasteiger partial charge is 0.129 e. The molecule has 0 aliphatic carbocycles. The zero-order chi connectivity index (χ0) is 13.8. The van der Waals surface area contributed by atoms with Gasteiger partial charge in [-0.25, -0.2) is 4.98 Å². The van der Waals surface area contributed by atoms with Crippen molar-refractivity contribution in [2.24, 2.45) is 0 Å². The molecule has 1 saturated heterocycles. The largest absolute Gasteiger partial charge is 0.392 e. The first-order chi connectivity index (χ1) is 9.13. The van der Waals surface area contributed by atoms with E-state index in [0.29, 0.717) is 5.92 Å². The molecule has 19 heavy (non-hydrogen) atoms. The summed E-state index contributed by atoms with van der Waals surface area (Å²) >= 11 is 0. The van der Waals surface area contributed by atoms with Crippen LogP contribution in [0.25, 0.3) is 0 Å². The molecule has 0 saturated carbocycles. The van der Waals surface area contributed by atoms with Crippen molar-refractivity contribution in [3.05, 3.63) is 23.4 Å². The van der Waals surface area contributed by atoms with Crippen LogP contribution in [0.1, 0.15) is 44.4 Å². The van der Waals surface area contributed by atoms with Crippen molar-refractivity contribution >= 4 is 5.82 Å². The van der Waals surface area contributed by atoms with Crippen molar-refractivity contribution in [3.8, 4) is 0 Å². The Morgan fingerprint density at radius 1 is 1.47 bits per heavy atom. The van der Waals surface area contributed by atoms with Gasteiger partial charge in [-0.2, -0.15) is 0 Å². The Morgan fingerprint density at radius 3 is 2.89 bits per heavy atom. The van der Waals surface area contributed by atoms with E-state index in [2.05, 4.69) is 25.7 Å². The molecule has 2 rings (SSSR count). The van der Waals surface area contributed by atoms with E-state index >= 15 is 0 Å². The van der Waals surface area contributed by atoms with Gasteiger partial charge in [0.1, 0.15) is 5.82 Å². The van der Waals surface area contributed by atoms with Crippen LogP contribution >= 0.6 is 0 Å². The highest BCUT2D eigenvalue weighted by Gasteiger charge is 2.21. The van der Waals surface area contributed by atoms with Gasteiger partial charge in [0, 0.05) is 18.8 Å². The molecular formula is C15H24N2O2. The first-order valence-electron chi connectivity index (χ1n) is 7.12. The Balaban J connectivity index is 2.25. The maximum absolute atomic E-state index is 9.39. The van der Waals surface area contributed by atoms with Crippen molar-refractivity contribution < 1.29 is 9.84 Å². The van der Waals surface area contributed by atoms with Gasteiger partial charge in [0.25, 0.3) is 0 Å². The van der Waals surface area contributed by atoms with Crippen LogP contribution in [0.5, 0.6) is 0 Å². The molecule has 1 unspecified atom stereocenters. The second-order valence-corrected chi connectivity index (χ2v) is 5.42. The summed E-state index contributed by atoms with van der Waals surface area (Å²) in [4.78, 5) is 7.00. The lowest BCUT2D eigenvalue weighted by Crippen LogP contribution is -2.42. The van der Waals surface area contributed by atoms with Gasteiger partial charge in [-0.1, -0.05) is 20.8 Å². The maximum Gasteiger partial charge on any atom is 0.129 e. The second-order valence-electron chi connectivity index (χ2n) is 5.42. The fourth-order valence-electron chi connectivity index (χ4n) is 2.32. The number of aromatic nitrogens is 1. The maximum atomic E-state index is 9.39. The van der Waals surface area contributed by atoms with E-state index in [1.165, 1.54) is 0 Å². The van der Waals surface area contributed by atoms with Crippen molar-refractivity contribution in [2.75, 3.05) is 24.6 Å². The minimum atomic E-state index is 0.0663. The molecule has 106 valence electrons. The van der Waals surface area contributed by atoms with Crippen LogP contribution in [-0.4, -0.2) is 35.9 Å². The van der Waals surface area contributed by atoms with Crippen LogP contribution in [0.2, 0.25) is 0 Å². The third kappa shape index (κ3) is 3.45. The minimum Gasteiger partial charge on any atom is -0.392 e. The van der Waals surface area contributed by atoms with E-state index in [1.54, 1.807) is 0 Å². The Morgan fingerprint density at radius 2 is 2.26 bits per heavy atom. The predicted octanol–water partition coefficient (Wildman–Crippen LogP) is 2.31. The van der Waals surface area contributed by atoms with Crippen molar-refractivity contribution in [2.45, 2.75) is 45.8 Å². The van der Waals surface area contributed by atoms with Crippen LogP contribution in [0.3, 0.4) is 0 Å². The summed E-state index contributed by atoms with van der Waals surface area (Å²) in [5, 5.41) is 9.39. The standard InChI is InChI=1S/C15H24N2O2/c1-4-13-9-17(5-6-19-13)15-8-12(10-18)7-14(16-15)11(2)3/h7-8,11,13,18H,4-6,9-10H2,1-3H3. The summed E-state index contributed by atoms with van der Waals surface area (Å²) in [6.45, 7) is 8.97. The van der Waals surface area contributed by atoms with Gasteiger partial charge in [0.2, 0.25) is 0 Å². The van der Waals surface area contributed by atoms with E-state index in [4.69, 9.17) is 9.72 Å². The van der Waals surface area contributed by atoms with Gasteiger partial charge in [0.05, 0.1) is 19.3 Å². The molecule has 2 heterocycles. The molecule has 1 fully saturated rings. The summed E-state index contributed by atoms with van der Waals surface area (Å²) in [6.07, 6.45) is 1.31. The summed E-state index contributed by atoms with van der Waals surface area (Å²) in [6, 6.07) is 3.98. The quantitative estimate of drug-likeness (QED) is 0.906. The van der Waals surface area contributed by atoms with Gasteiger partial charge >= 0.3 is 0 Å². The molecule has 1 aliphatic rings. The lowest BCUT2D eigenvalue weighted by Gasteiger charge is -2.33. The molecule has 1 aromatic rings. The first-order valence-corrected chi connectivity index (χ1v) is 7.12. The van der Waals surface area contributed by atoms with E-state index in [-0.39, 0.29) is 12.7 Å². The SMILES string of the molecule is CCC1CN(c2cc(CO)cc(C(C)C)n2)CCO1. The summed E-state index contributed by atoms with van der Waals surface area (Å²) in [5.41, 5.74) is 1.98. The van der Waals surface area contributed by atoms with E-state index in [1.807, 2.05) is 12.1 Å². The normalized spacial score (nSPS) is 20.1. The number of rotatable bonds is 4. The fraction of sp³-hybridized carbons (Fsp3) is 0.667. The van der Waals surface area contributed by atoms with Crippen LogP contribution in [0.4, 0.5) is 5.82 Å². The molecule has 1 atom stereocenters. The number of hydrogen-bond donors (Lipinski definition) is 1. The third-order valence-electron chi connectivity index (χ3n) is 3.58. The Labute approximate surface area is 115 Å². The average molecular weight is 264 g/mol. The van der Waals surface area contributed by atoms with Gasteiger partial charge in [0.15, 0.2) is 0 Å². The molecule has 4 nitrogen and oxygen atoms in total. The van der Waals surface area contributed by atoms with Gasteiger partial charge in [-0.05, 0) is 30.0 Å². The van der Waals surface area contributed by atoms with Crippen molar-refractivity contribution in [1.29, 1.82) is 0 Å². The van der Waals surface area contributed by atoms with Crippen LogP contribution in [0, 0.1) is 0 Å². The third-order valence-corrected chi connectivity index (χ3v) is 3.58. The lowest BCUT2D eigenvalue weighted by molar-refractivity contribution is 0.0381. The van der Waals surface area contributed by atoms with Gasteiger partial charge in [-0.3, -0.25) is 0 Å². The van der Waals surface area contributed by atoms with Crippen LogP contribution in [0.15, 0.2) is 12.1 Å². The molecule has 1 N–H and O–H groups in total.